The lowest BCUT2D eigenvalue weighted by molar-refractivity contribution is 0.0690. The fourth-order valence-corrected chi connectivity index (χ4v) is 1.10. The van der Waals surface area contributed by atoms with Gasteiger partial charge in [0.15, 0.2) is 5.69 Å². The molecule has 1 rings (SSSR count). The van der Waals surface area contributed by atoms with Crippen LogP contribution >= 0.6 is 0 Å². The molecule has 0 aliphatic carbocycles. The second kappa shape index (κ2) is 4.47. The van der Waals surface area contributed by atoms with Crippen LogP contribution in [0.5, 0.6) is 0 Å². The van der Waals surface area contributed by atoms with Crippen LogP contribution in [0.4, 0.5) is 5.95 Å². The number of hydrogen-bond acceptors (Lipinski definition) is 4. The molecule has 0 aliphatic rings. The summed E-state index contributed by atoms with van der Waals surface area (Å²) >= 11 is 0. The van der Waals surface area contributed by atoms with Crippen LogP contribution < -0.4 is 5.32 Å². The van der Waals surface area contributed by atoms with Crippen LogP contribution in [0.2, 0.25) is 0 Å². The Hall–Kier alpha value is -1.65. The summed E-state index contributed by atoms with van der Waals surface area (Å²) in [7, 11) is 0. The molecular formula is C11H17N3O2. The van der Waals surface area contributed by atoms with Crippen molar-refractivity contribution in [3.63, 3.8) is 0 Å². The minimum Gasteiger partial charge on any atom is -0.477 e. The topological polar surface area (TPSA) is 75.1 Å². The van der Waals surface area contributed by atoms with Gasteiger partial charge in [0.05, 0.1) is 0 Å². The molecule has 0 fully saturated rings. The summed E-state index contributed by atoms with van der Waals surface area (Å²) < 4.78 is 0. The third-order valence-electron chi connectivity index (χ3n) is 1.85. The van der Waals surface area contributed by atoms with Crippen molar-refractivity contribution in [2.45, 2.75) is 27.7 Å². The highest BCUT2D eigenvalue weighted by Gasteiger charge is 2.12. The van der Waals surface area contributed by atoms with Crippen molar-refractivity contribution in [1.29, 1.82) is 0 Å². The monoisotopic (exact) mass is 223 g/mol. The fourth-order valence-electron chi connectivity index (χ4n) is 1.10. The lowest BCUT2D eigenvalue weighted by Gasteiger charge is -2.18. The van der Waals surface area contributed by atoms with Gasteiger partial charge in [0.1, 0.15) is 0 Å². The molecule has 0 saturated carbocycles. The molecule has 88 valence electrons. The van der Waals surface area contributed by atoms with Gasteiger partial charge in [-0.3, -0.25) is 0 Å². The highest BCUT2D eigenvalue weighted by Crippen LogP contribution is 2.13. The molecule has 5 nitrogen and oxygen atoms in total. The maximum atomic E-state index is 10.8. The van der Waals surface area contributed by atoms with Gasteiger partial charge >= 0.3 is 5.97 Å². The Balaban J connectivity index is 2.85. The van der Waals surface area contributed by atoms with E-state index in [4.69, 9.17) is 5.11 Å². The Labute approximate surface area is 94.9 Å². The molecule has 0 radical (unpaired) electrons. The second-order valence-electron chi connectivity index (χ2n) is 4.94. The number of aromatic nitrogens is 2. The van der Waals surface area contributed by atoms with E-state index in [1.807, 2.05) is 0 Å². The number of nitrogens with one attached hydrogen (secondary N) is 1. The molecular weight excluding hydrogens is 206 g/mol. The van der Waals surface area contributed by atoms with E-state index in [0.29, 0.717) is 18.2 Å². The van der Waals surface area contributed by atoms with Crippen molar-refractivity contribution < 1.29 is 9.90 Å². The van der Waals surface area contributed by atoms with Crippen LogP contribution in [0.1, 0.15) is 37.0 Å². The first kappa shape index (κ1) is 12.4. The third kappa shape index (κ3) is 3.84. The molecule has 16 heavy (non-hydrogen) atoms. The van der Waals surface area contributed by atoms with Gasteiger partial charge in [0.25, 0.3) is 0 Å². The molecule has 1 aromatic heterocycles. The van der Waals surface area contributed by atoms with E-state index in [1.165, 1.54) is 6.07 Å². The third-order valence-corrected chi connectivity index (χ3v) is 1.85. The van der Waals surface area contributed by atoms with Gasteiger partial charge < -0.3 is 10.4 Å². The van der Waals surface area contributed by atoms with Gasteiger partial charge in [0, 0.05) is 12.2 Å². The highest BCUT2D eigenvalue weighted by molar-refractivity contribution is 5.85. The van der Waals surface area contributed by atoms with Gasteiger partial charge in [-0.2, -0.15) is 0 Å². The van der Waals surface area contributed by atoms with E-state index in [-0.39, 0.29) is 11.1 Å². The quantitative estimate of drug-likeness (QED) is 0.819. The van der Waals surface area contributed by atoms with Crippen LogP contribution in [-0.2, 0) is 0 Å². The first-order chi connectivity index (χ1) is 7.28. The van der Waals surface area contributed by atoms with E-state index < -0.39 is 5.97 Å². The molecule has 0 spiro atoms. The van der Waals surface area contributed by atoms with Gasteiger partial charge in [-0.25, -0.2) is 14.8 Å². The standard InChI is InChI=1S/C11H17N3O2/c1-7-5-8(9(15)16)14-10(13-7)12-6-11(2,3)4/h5H,6H2,1-4H3,(H,15,16)(H,12,13,14). The molecule has 0 amide bonds. The van der Waals surface area contributed by atoms with Crippen molar-refractivity contribution in [3.8, 4) is 0 Å². The zero-order chi connectivity index (χ0) is 12.3. The largest absolute Gasteiger partial charge is 0.477 e. The first-order valence-corrected chi connectivity index (χ1v) is 5.11. The summed E-state index contributed by atoms with van der Waals surface area (Å²) in [5.41, 5.74) is 0.754. The predicted octanol–water partition coefficient (Wildman–Crippen LogP) is 1.94. The molecule has 0 bridgehead atoms. The van der Waals surface area contributed by atoms with Gasteiger partial charge in [-0.05, 0) is 18.4 Å². The van der Waals surface area contributed by atoms with Crippen LogP contribution in [-0.4, -0.2) is 27.6 Å². The number of carboxylic acids is 1. The van der Waals surface area contributed by atoms with E-state index in [1.54, 1.807) is 6.92 Å². The van der Waals surface area contributed by atoms with Crippen molar-refractivity contribution in [2.75, 3.05) is 11.9 Å². The number of hydrogen-bond donors (Lipinski definition) is 2. The maximum Gasteiger partial charge on any atom is 0.354 e. The van der Waals surface area contributed by atoms with Crippen LogP contribution in [0.3, 0.4) is 0 Å². The summed E-state index contributed by atoms with van der Waals surface area (Å²) in [6, 6.07) is 1.45. The van der Waals surface area contributed by atoms with Gasteiger partial charge in [-0.15, -0.1) is 0 Å². The average Bonchev–Trinajstić information content (AvgIpc) is 2.13. The summed E-state index contributed by atoms with van der Waals surface area (Å²) in [5, 5.41) is 11.9. The zero-order valence-electron chi connectivity index (χ0n) is 10.0. The Morgan fingerprint density at radius 2 is 2.06 bits per heavy atom. The molecule has 0 aromatic carbocycles. The molecule has 1 aromatic rings. The van der Waals surface area contributed by atoms with Crippen LogP contribution in [0.15, 0.2) is 6.07 Å². The SMILES string of the molecule is Cc1cc(C(=O)O)nc(NCC(C)(C)C)n1. The van der Waals surface area contributed by atoms with Crippen molar-refractivity contribution >= 4 is 11.9 Å². The minimum atomic E-state index is -1.04. The number of aryl methyl sites for hydroxylation is 1. The van der Waals surface area contributed by atoms with E-state index >= 15 is 0 Å². The molecule has 1 heterocycles. The number of aromatic carboxylic acids is 1. The minimum absolute atomic E-state index is 0.0175. The number of anilines is 1. The molecule has 5 heteroatoms. The second-order valence-corrected chi connectivity index (χ2v) is 4.94. The number of carbonyl (C=O) groups is 1. The number of carboxylic acid groups (broad SMARTS) is 1. The van der Waals surface area contributed by atoms with E-state index in [0.717, 1.165) is 0 Å². The molecule has 0 unspecified atom stereocenters. The molecule has 0 saturated heterocycles. The van der Waals surface area contributed by atoms with Crippen LogP contribution in [0, 0.1) is 12.3 Å². The van der Waals surface area contributed by atoms with Crippen molar-refractivity contribution in [3.05, 3.63) is 17.5 Å². The Kier molecular flexibility index (Phi) is 3.47. The average molecular weight is 223 g/mol. The molecule has 2 N–H and O–H groups in total. The maximum absolute atomic E-state index is 10.8. The van der Waals surface area contributed by atoms with Crippen molar-refractivity contribution in [1.82, 2.24) is 9.97 Å². The molecule has 0 aliphatic heterocycles. The van der Waals surface area contributed by atoms with E-state index in [9.17, 15) is 4.79 Å². The Bertz CT molecular complexity index is 397. The number of nitrogens with zero attached hydrogens (tertiary/aromatic N) is 2. The van der Waals surface area contributed by atoms with Crippen LogP contribution in [0.25, 0.3) is 0 Å². The predicted molar refractivity (Wildman–Crippen MR) is 61.7 cm³/mol. The lowest BCUT2D eigenvalue weighted by atomic mass is 9.97. The van der Waals surface area contributed by atoms with E-state index in [2.05, 4.69) is 36.1 Å². The Morgan fingerprint density at radius 1 is 1.44 bits per heavy atom. The fraction of sp³-hybridized carbons (Fsp3) is 0.545. The molecule has 0 atom stereocenters. The Morgan fingerprint density at radius 3 is 2.56 bits per heavy atom. The van der Waals surface area contributed by atoms with Crippen molar-refractivity contribution in [2.24, 2.45) is 5.41 Å². The lowest BCUT2D eigenvalue weighted by Crippen LogP contribution is -2.21. The summed E-state index contributed by atoms with van der Waals surface area (Å²) in [5.74, 6) is -0.670. The highest BCUT2D eigenvalue weighted by atomic mass is 16.4. The van der Waals surface area contributed by atoms with Gasteiger partial charge in [-0.1, -0.05) is 20.8 Å². The smallest absolute Gasteiger partial charge is 0.354 e. The zero-order valence-corrected chi connectivity index (χ0v) is 10.0. The summed E-state index contributed by atoms with van der Waals surface area (Å²) in [6.07, 6.45) is 0. The first-order valence-electron chi connectivity index (χ1n) is 5.11. The normalized spacial score (nSPS) is 11.2. The van der Waals surface area contributed by atoms with Gasteiger partial charge in [0.2, 0.25) is 5.95 Å². The number of rotatable bonds is 3. The summed E-state index contributed by atoms with van der Waals surface area (Å²) in [4.78, 5) is 18.8. The summed E-state index contributed by atoms with van der Waals surface area (Å²) in [6.45, 7) is 8.67.